The highest BCUT2D eigenvalue weighted by Gasteiger charge is 2.26. The SMILES string of the molecule is CCC(C)N(C)S(=O)(=O)c1cc(CO)ccc1Br. The van der Waals surface area contributed by atoms with Crippen LogP contribution in [0.5, 0.6) is 0 Å². The maximum atomic E-state index is 12.4. The first kappa shape index (κ1) is 15.6. The topological polar surface area (TPSA) is 57.6 Å². The van der Waals surface area contributed by atoms with E-state index in [1.54, 1.807) is 19.2 Å². The number of halogens is 1. The molecule has 1 aromatic carbocycles. The minimum atomic E-state index is -3.54. The average Bonchev–Trinajstić information content (AvgIpc) is 2.37. The van der Waals surface area contributed by atoms with Gasteiger partial charge in [0.2, 0.25) is 10.0 Å². The third kappa shape index (κ3) is 3.12. The second-order valence-corrected chi connectivity index (χ2v) is 7.02. The van der Waals surface area contributed by atoms with Gasteiger partial charge in [0, 0.05) is 17.6 Å². The van der Waals surface area contributed by atoms with Crippen LogP contribution in [0.15, 0.2) is 27.6 Å². The smallest absolute Gasteiger partial charge is 0.244 e. The highest BCUT2D eigenvalue weighted by Crippen LogP contribution is 2.27. The molecule has 6 heteroatoms. The van der Waals surface area contributed by atoms with Gasteiger partial charge in [0.05, 0.1) is 11.5 Å². The van der Waals surface area contributed by atoms with Crippen LogP contribution in [0.2, 0.25) is 0 Å². The van der Waals surface area contributed by atoms with Crippen molar-refractivity contribution in [3.05, 3.63) is 28.2 Å². The summed E-state index contributed by atoms with van der Waals surface area (Å²) in [6.07, 6.45) is 0.743. The number of aliphatic hydroxyl groups excluding tert-OH is 1. The Morgan fingerprint density at radius 1 is 1.44 bits per heavy atom. The molecule has 0 aliphatic heterocycles. The minimum Gasteiger partial charge on any atom is -0.392 e. The molecule has 0 aliphatic carbocycles. The lowest BCUT2D eigenvalue weighted by Crippen LogP contribution is -2.34. The Hall–Kier alpha value is -0.430. The molecule has 4 nitrogen and oxygen atoms in total. The Balaban J connectivity index is 3.27. The van der Waals surface area contributed by atoms with Gasteiger partial charge in [-0.3, -0.25) is 0 Å². The summed E-state index contributed by atoms with van der Waals surface area (Å²) in [6, 6.07) is 4.76. The van der Waals surface area contributed by atoms with Crippen molar-refractivity contribution in [1.82, 2.24) is 4.31 Å². The Bertz CT molecular complexity index is 516. The van der Waals surface area contributed by atoms with E-state index in [4.69, 9.17) is 5.11 Å². The monoisotopic (exact) mass is 335 g/mol. The van der Waals surface area contributed by atoms with Crippen LogP contribution in [0.1, 0.15) is 25.8 Å². The first-order chi connectivity index (χ1) is 8.34. The van der Waals surface area contributed by atoms with Crippen molar-refractivity contribution in [3.8, 4) is 0 Å². The number of aliphatic hydroxyl groups is 1. The second kappa shape index (κ2) is 6.14. The molecule has 0 amide bonds. The molecule has 0 saturated carbocycles. The van der Waals surface area contributed by atoms with Gasteiger partial charge in [0.15, 0.2) is 0 Å². The summed E-state index contributed by atoms with van der Waals surface area (Å²) in [5.74, 6) is 0. The van der Waals surface area contributed by atoms with E-state index >= 15 is 0 Å². The Morgan fingerprint density at radius 2 is 2.06 bits per heavy atom. The molecule has 0 heterocycles. The van der Waals surface area contributed by atoms with E-state index in [9.17, 15) is 8.42 Å². The summed E-state index contributed by atoms with van der Waals surface area (Å²) in [7, 11) is -1.97. The summed E-state index contributed by atoms with van der Waals surface area (Å²) >= 11 is 3.25. The van der Waals surface area contributed by atoms with Gasteiger partial charge in [0.25, 0.3) is 0 Å². The van der Waals surface area contributed by atoms with E-state index in [-0.39, 0.29) is 17.5 Å². The normalized spacial score (nSPS) is 13.9. The molecule has 102 valence electrons. The van der Waals surface area contributed by atoms with Gasteiger partial charge in [-0.25, -0.2) is 8.42 Å². The molecule has 0 fully saturated rings. The van der Waals surface area contributed by atoms with Gasteiger partial charge in [-0.1, -0.05) is 13.0 Å². The number of nitrogens with zero attached hydrogens (tertiary/aromatic N) is 1. The van der Waals surface area contributed by atoms with Gasteiger partial charge in [-0.15, -0.1) is 0 Å². The first-order valence-corrected chi connectivity index (χ1v) is 7.95. The van der Waals surface area contributed by atoms with Crippen LogP contribution in [0.4, 0.5) is 0 Å². The molecule has 1 rings (SSSR count). The molecule has 1 atom stereocenters. The zero-order chi connectivity index (χ0) is 13.9. The van der Waals surface area contributed by atoms with Crippen LogP contribution in [-0.2, 0) is 16.6 Å². The van der Waals surface area contributed by atoms with Crippen LogP contribution < -0.4 is 0 Å². The second-order valence-electron chi connectivity index (χ2n) is 4.20. The molecular weight excluding hydrogens is 318 g/mol. The average molecular weight is 336 g/mol. The predicted molar refractivity (Wildman–Crippen MR) is 74.8 cm³/mol. The molecule has 0 aliphatic rings. The molecule has 0 spiro atoms. The lowest BCUT2D eigenvalue weighted by atomic mass is 10.2. The van der Waals surface area contributed by atoms with Crippen molar-refractivity contribution in [1.29, 1.82) is 0 Å². The Kier molecular flexibility index (Phi) is 5.33. The molecule has 1 N–H and O–H groups in total. The molecular formula is C12H18BrNO3S. The number of benzene rings is 1. The molecule has 0 bridgehead atoms. The van der Waals surface area contributed by atoms with E-state index < -0.39 is 10.0 Å². The summed E-state index contributed by atoms with van der Waals surface area (Å²) in [5, 5.41) is 9.09. The maximum Gasteiger partial charge on any atom is 0.244 e. The highest BCUT2D eigenvalue weighted by atomic mass is 79.9. The van der Waals surface area contributed by atoms with Crippen LogP contribution in [-0.4, -0.2) is 30.9 Å². The predicted octanol–water partition coefficient (Wildman–Crippen LogP) is 2.36. The Morgan fingerprint density at radius 3 is 2.56 bits per heavy atom. The number of hydrogen-bond acceptors (Lipinski definition) is 3. The van der Waals surface area contributed by atoms with E-state index in [1.807, 2.05) is 13.8 Å². The minimum absolute atomic E-state index is 0.0697. The molecule has 1 aromatic rings. The zero-order valence-electron chi connectivity index (χ0n) is 10.7. The number of hydrogen-bond donors (Lipinski definition) is 1. The van der Waals surface area contributed by atoms with Gasteiger partial charge in [0.1, 0.15) is 0 Å². The fourth-order valence-corrected chi connectivity index (χ4v) is 3.90. The summed E-state index contributed by atoms with van der Waals surface area (Å²) in [5.41, 5.74) is 0.578. The van der Waals surface area contributed by atoms with Crippen molar-refractivity contribution in [2.45, 2.75) is 37.8 Å². The maximum absolute atomic E-state index is 12.4. The quantitative estimate of drug-likeness (QED) is 0.898. The molecule has 18 heavy (non-hydrogen) atoms. The highest BCUT2D eigenvalue weighted by molar-refractivity contribution is 9.10. The fourth-order valence-electron chi connectivity index (χ4n) is 1.49. The van der Waals surface area contributed by atoms with Crippen molar-refractivity contribution in [3.63, 3.8) is 0 Å². The number of sulfonamides is 1. The van der Waals surface area contributed by atoms with Crippen molar-refractivity contribution in [2.75, 3.05) is 7.05 Å². The zero-order valence-corrected chi connectivity index (χ0v) is 13.1. The lowest BCUT2D eigenvalue weighted by Gasteiger charge is -2.24. The summed E-state index contributed by atoms with van der Waals surface area (Å²) in [6.45, 7) is 3.63. The van der Waals surface area contributed by atoms with Crippen molar-refractivity contribution < 1.29 is 13.5 Å². The first-order valence-electron chi connectivity index (χ1n) is 5.71. The number of rotatable bonds is 5. The van der Waals surface area contributed by atoms with E-state index in [0.29, 0.717) is 10.0 Å². The summed E-state index contributed by atoms with van der Waals surface area (Å²) in [4.78, 5) is 0.192. The fraction of sp³-hybridized carbons (Fsp3) is 0.500. The van der Waals surface area contributed by atoms with Crippen molar-refractivity contribution in [2.24, 2.45) is 0 Å². The molecule has 0 aromatic heterocycles. The third-order valence-electron chi connectivity index (χ3n) is 3.05. The van der Waals surface area contributed by atoms with E-state index in [0.717, 1.165) is 6.42 Å². The van der Waals surface area contributed by atoms with Gasteiger partial charge in [-0.2, -0.15) is 4.31 Å². The Labute approximate surface area is 117 Å². The standard InChI is InChI=1S/C12H18BrNO3S/c1-4-9(2)14(3)18(16,17)12-7-10(8-15)5-6-11(12)13/h5-7,9,15H,4,8H2,1-3H3. The molecule has 1 unspecified atom stereocenters. The van der Waals surface area contributed by atoms with Gasteiger partial charge in [-0.05, 0) is 47.0 Å². The lowest BCUT2D eigenvalue weighted by molar-refractivity contribution is 0.281. The van der Waals surface area contributed by atoms with Crippen molar-refractivity contribution >= 4 is 26.0 Å². The van der Waals surface area contributed by atoms with Gasteiger partial charge >= 0.3 is 0 Å². The third-order valence-corrected chi connectivity index (χ3v) is 6.01. The molecule has 0 radical (unpaired) electrons. The largest absolute Gasteiger partial charge is 0.392 e. The summed E-state index contributed by atoms with van der Waals surface area (Å²) < 4.78 is 26.7. The molecule has 0 saturated heterocycles. The van der Waals surface area contributed by atoms with E-state index in [1.165, 1.54) is 10.4 Å². The van der Waals surface area contributed by atoms with E-state index in [2.05, 4.69) is 15.9 Å². The van der Waals surface area contributed by atoms with Crippen LogP contribution in [0, 0.1) is 0 Å². The van der Waals surface area contributed by atoms with Crippen LogP contribution in [0.3, 0.4) is 0 Å². The van der Waals surface area contributed by atoms with Gasteiger partial charge < -0.3 is 5.11 Å². The van der Waals surface area contributed by atoms with Crippen LogP contribution >= 0.6 is 15.9 Å². The van der Waals surface area contributed by atoms with Crippen LogP contribution in [0.25, 0.3) is 0 Å².